The van der Waals surface area contributed by atoms with Crippen LogP contribution in [-0.2, 0) is 26.2 Å². The van der Waals surface area contributed by atoms with Crippen molar-refractivity contribution >= 4 is 34.3 Å². The van der Waals surface area contributed by atoms with Gasteiger partial charge in [-0.05, 0) is 78.2 Å². The number of benzene rings is 2. The summed E-state index contributed by atoms with van der Waals surface area (Å²) in [5.41, 5.74) is 3.42. The summed E-state index contributed by atoms with van der Waals surface area (Å²) < 4.78 is 0. The fourth-order valence-corrected chi connectivity index (χ4v) is 5.30. The van der Waals surface area contributed by atoms with E-state index in [1.807, 2.05) is 82.6 Å². The van der Waals surface area contributed by atoms with Gasteiger partial charge in [0.15, 0.2) is 0 Å². The van der Waals surface area contributed by atoms with Crippen molar-refractivity contribution in [2.45, 2.75) is 26.2 Å². The molecule has 0 fully saturated rings. The van der Waals surface area contributed by atoms with Crippen molar-refractivity contribution in [1.29, 1.82) is 0 Å². The Morgan fingerprint density at radius 2 is 0.980 bits per heavy atom. The lowest BCUT2D eigenvalue weighted by Crippen LogP contribution is -2.29. The maximum absolute atomic E-state index is 10.8. The lowest BCUT2D eigenvalue weighted by atomic mass is 10.1. The Kier molecular flexibility index (Phi) is 9.45. The summed E-state index contributed by atoms with van der Waals surface area (Å²) in [6, 6.07) is 30.9. The second-order valence-electron chi connectivity index (χ2n) is 11.3. The number of pyridine rings is 4. The zero-order chi connectivity index (χ0) is 34.1. The average Bonchev–Trinajstić information content (AvgIpc) is 3.15. The molecule has 0 aliphatic rings. The lowest BCUT2D eigenvalue weighted by molar-refractivity contribution is 0.474. The van der Waals surface area contributed by atoms with Crippen LogP contribution in [0.2, 0.25) is 0 Å². The molecule has 5 heterocycles. The zero-order valence-corrected chi connectivity index (χ0v) is 26.8. The smallest absolute Gasteiger partial charge is 0.275 e. The Hall–Kier alpha value is -6.89. The van der Waals surface area contributed by atoms with Crippen molar-refractivity contribution in [2.24, 2.45) is 10.2 Å². The third kappa shape index (κ3) is 7.80. The van der Waals surface area contributed by atoms with Gasteiger partial charge in [0.1, 0.15) is 17.2 Å². The van der Waals surface area contributed by atoms with Crippen LogP contribution in [0, 0.1) is 0 Å². The van der Waals surface area contributed by atoms with Crippen LogP contribution in [0.4, 0.5) is 23.5 Å². The van der Waals surface area contributed by atoms with Gasteiger partial charge in [-0.25, -0.2) is 0 Å². The van der Waals surface area contributed by atoms with Crippen LogP contribution in [0.3, 0.4) is 0 Å². The van der Waals surface area contributed by atoms with Gasteiger partial charge in [-0.3, -0.25) is 19.9 Å². The molecular weight excluding hydrogens is 630 g/mol. The molecule has 0 radical (unpaired) electrons. The van der Waals surface area contributed by atoms with E-state index in [1.54, 1.807) is 43.0 Å². The number of anilines is 2. The topological polar surface area (TPSA) is 162 Å². The maximum Gasteiger partial charge on any atom is 0.275 e. The van der Waals surface area contributed by atoms with Crippen LogP contribution in [-0.4, -0.2) is 45.1 Å². The minimum Gasteiger partial charge on any atom is -0.508 e. The third-order valence-corrected chi connectivity index (χ3v) is 7.67. The van der Waals surface area contributed by atoms with E-state index >= 15 is 0 Å². The molecule has 2 aromatic carbocycles. The number of aromatic nitrogens is 7. The predicted octanol–water partition coefficient (Wildman–Crippen LogP) is 6.85. The maximum atomic E-state index is 10.8. The molecule has 0 bridgehead atoms. The molecular formula is C37H31N11O2. The first-order chi connectivity index (χ1) is 24.6. The summed E-state index contributed by atoms with van der Waals surface area (Å²) in [7, 11) is 0. The van der Waals surface area contributed by atoms with Gasteiger partial charge in [-0.1, -0.05) is 30.3 Å². The summed E-state index contributed by atoms with van der Waals surface area (Å²) in [5, 5.41) is 31.0. The number of hydrogen-bond donors (Lipinski definition) is 2. The number of hydrogen-bond acceptors (Lipinski definition) is 13. The molecule has 13 nitrogen and oxygen atoms in total. The lowest BCUT2D eigenvalue weighted by Gasteiger charge is -2.26. The molecule has 0 unspecified atom stereocenters. The second-order valence-corrected chi connectivity index (χ2v) is 11.3. The summed E-state index contributed by atoms with van der Waals surface area (Å²) in [6.45, 7) is 1.47. The molecule has 0 aliphatic heterocycles. The number of phenols is 2. The molecule has 0 saturated carbocycles. The molecule has 0 spiro atoms. The van der Waals surface area contributed by atoms with E-state index in [1.165, 1.54) is 12.1 Å². The van der Waals surface area contributed by atoms with Crippen molar-refractivity contribution in [1.82, 2.24) is 34.9 Å². The standard InChI is InChI=1S/C37H31N11O2/c49-31-14-15-32-26(21-31)13-16-33(50)34(32)45-46-35-42-36(47(22-27-9-1-5-17-38-27)23-28-10-2-6-18-39-28)44-37(43-35)48(24-29-11-3-7-19-40-29)25-30-12-4-8-20-41-30/h1-21,49-50H,22-25H2. The van der Waals surface area contributed by atoms with Crippen LogP contribution >= 0.6 is 0 Å². The first kappa shape index (κ1) is 31.7. The van der Waals surface area contributed by atoms with Crippen molar-refractivity contribution in [3.63, 3.8) is 0 Å². The van der Waals surface area contributed by atoms with Crippen molar-refractivity contribution in [3.05, 3.63) is 151 Å². The van der Waals surface area contributed by atoms with Crippen LogP contribution in [0.5, 0.6) is 11.5 Å². The Labute approximate surface area is 287 Å². The number of rotatable bonds is 12. The highest BCUT2D eigenvalue weighted by atomic mass is 16.3. The highest BCUT2D eigenvalue weighted by Crippen LogP contribution is 2.37. The van der Waals surface area contributed by atoms with Crippen LogP contribution in [0.25, 0.3) is 10.8 Å². The highest BCUT2D eigenvalue weighted by molar-refractivity contribution is 5.96. The van der Waals surface area contributed by atoms with Crippen LogP contribution < -0.4 is 9.80 Å². The largest absolute Gasteiger partial charge is 0.508 e. The monoisotopic (exact) mass is 661 g/mol. The van der Waals surface area contributed by atoms with Crippen LogP contribution in [0.1, 0.15) is 22.8 Å². The number of azo groups is 1. The van der Waals surface area contributed by atoms with Gasteiger partial charge in [0, 0.05) is 30.2 Å². The molecule has 2 N–H and O–H groups in total. The summed E-state index contributed by atoms with van der Waals surface area (Å²) in [5.74, 6) is 0.665. The van der Waals surface area contributed by atoms with E-state index in [4.69, 9.17) is 15.0 Å². The van der Waals surface area contributed by atoms with Gasteiger partial charge in [0.05, 0.1) is 49.0 Å². The quantitative estimate of drug-likeness (QED) is 0.132. The Morgan fingerprint density at radius 1 is 0.500 bits per heavy atom. The number of aromatic hydroxyl groups is 2. The molecule has 13 heteroatoms. The van der Waals surface area contributed by atoms with Gasteiger partial charge >= 0.3 is 0 Å². The highest BCUT2D eigenvalue weighted by Gasteiger charge is 2.21. The average molecular weight is 662 g/mol. The Morgan fingerprint density at radius 3 is 1.42 bits per heavy atom. The van der Waals surface area contributed by atoms with E-state index in [9.17, 15) is 10.2 Å². The zero-order valence-electron chi connectivity index (χ0n) is 26.8. The number of nitrogens with zero attached hydrogens (tertiary/aromatic N) is 11. The first-order valence-corrected chi connectivity index (χ1v) is 15.8. The van der Waals surface area contributed by atoms with Crippen molar-refractivity contribution < 1.29 is 10.2 Å². The minimum atomic E-state index is -0.0831. The predicted molar refractivity (Wildman–Crippen MR) is 188 cm³/mol. The van der Waals surface area contributed by atoms with Gasteiger partial charge < -0.3 is 20.0 Å². The summed E-state index contributed by atoms with van der Waals surface area (Å²) in [6.07, 6.45) is 6.96. The number of phenolic OH excluding ortho intramolecular Hbond substituents is 2. The van der Waals surface area contributed by atoms with E-state index in [0.29, 0.717) is 48.8 Å². The first-order valence-electron chi connectivity index (χ1n) is 15.8. The summed E-state index contributed by atoms with van der Waals surface area (Å²) in [4.78, 5) is 36.6. The molecule has 0 aliphatic carbocycles. The molecule has 0 saturated heterocycles. The summed E-state index contributed by atoms with van der Waals surface area (Å²) >= 11 is 0. The Bertz CT molecular complexity index is 2020. The fourth-order valence-electron chi connectivity index (χ4n) is 5.30. The van der Waals surface area contributed by atoms with E-state index in [-0.39, 0.29) is 23.1 Å². The van der Waals surface area contributed by atoms with E-state index in [0.717, 1.165) is 22.8 Å². The molecule has 0 amide bonds. The molecule has 246 valence electrons. The fraction of sp³-hybridized carbons (Fsp3) is 0.108. The normalized spacial score (nSPS) is 11.2. The van der Waals surface area contributed by atoms with Crippen molar-refractivity contribution in [2.75, 3.05) is 9.80 Å². The van der Waals surface area contributed by atoms with E-state index < -0.39 is 0 Å². The second kappa shape index (κ2) is 14.9. The van der Waals surface area contributed by atoms with Gasteiger partial charge in [0.25, 0.3) is 5.95 Å². The minimum absolute atomic E-state index is 0.0132. The SMILES string of the molecule is Oc1ccc2c(N=Nc3nc(N(Cc4ccccn4)Cc4ccccn4)nc(N(Cc4ccccn4)Cc4ccccn4)n3)c(O)ccc2c1. The molecule has 7 rings (SSSR count). The van der Waals surface area contributed by atoms with Gasteiger partial charge in [0.2, 0.25) is 11.9 Å². The molecule has 7 aromatic rings. The third-order valence-electron chi connectivity index (χ3n) is 7.67. The Balaban J connectivity index is 1.36. The number of fused-ring (bicyclic) bond motifs is 1. The molecule has 50 heavy (non-hydrogen) atoms. The molecule has 0 atom stereocenters. The van der Waals surface area contributed by atoms with E-state index in [2.05, 4.69) is 30.2 Å². The van der Waals surface area contributed by atoms with Crippen molar-refractivity contribution in [3.8, 4) is 11.5 Å². The van der Waals surface area contributed by atoms with Gasteiger partial charge in [-0.15, -0.1) is 10.2 Å². The van der Waals surface area contributed by atoms with Crippen LogP contribution in [0.15, 0.2) is 138 Å². The molecule has 5 aromatic heterocycles. The van der Waals surface area contributed by atoms with Gasteiger partial charge in [-0.2, -0.15) is 15.0 Å².